The van der Waals surface area contributed by atoms with Crippen molar-refractivity contribution in [2.24, 2.45) is 0 Å². The van der Waals surface area contributed by atoms with E-state index in [2.05, 4.69) is 0 Å². The van der Waals surface area contributed by atoms with Gasteiger partial charge in [-0.2, -0.15) is 0 Å². The second-order valence-electron chi connectivity index (χ2n) is 6.37. The summed E-state index contributed by atoms with van der Waals surface area (Å²) in [6.07, 6.45) is -3.48. The predicted octanol–water partition coefficient (Wildman–Crippen LogP) is 0.701. The van der Waals surface area contributed by atoms with Gasteiger partial charge in [-0.15, -0.1) is 0 Å². The number of aliphatic hydroxyl groups is 3. The summed E-state index contributed by atoms with van der Waals surface area (Å²) in [5, 5.41) is 48.0. The molecule has 7 nitrogen and oxygen atoms in total. The highest BCUT2D eigenvalue weighted by Gasteiger charge is 2.38. The van der Waals surface area contributed by atoms with Crippen LogP contribution >= 0.6 is 0 Å². The highest BCUT2D eigenvalue weighted by Crippen LogP contribution is 2.23. The van der Waals surface area contributed by atoms with Gasteiger partial charge in [-0.1, -0.05) is 12.1 Å². The molecular weight excluding hydrogens is 340 g/mol. The van der Waals surface area contributed by atoms with Crippen molar-refractivity contribution >= 4 is 0 Å². The van der Waals surface area contributed by atoms with Crippen molar-refractivity contribution < 1.29 is 35.0 Å². The summed E-state index contributed by atoms with van der Waals surface area (Å²) in [6, 6.07) is 11.7. The Morgan fingerprint density at radius 3 is 2.12 bits per heavy atom. The predicted molar refractivity (Wildman–Crippen MR) is 92.0 cm³/mol. The van der Waals surface area contributed by atoms with Gasteiger partial charge in [-0.05, 0) is 48.2 Å². The zero-order valence-electron chi connectivity index (χ0n) is 14.0. The number of rotatable bonds is 5. The van der Waals surface area contributed by atoms with E-state index in [1.165, 1.54) is 6.07 Å². The monoisotopic (exact) mass is 362 g/mol. The molecule has 0 bridgehead atoms. The zero-order valence-corrected chi connectivity index (χ0v) is 14.0. The molecule has 4 atom stereocenters. The normalized spacial score (nSPS) is 25.8. The van der Waals surface area contributed by atoms with E-state index in [4.69, 9.17) is 9.47 Å². The van der Waals surface area contributed by atoms with Crippen molar-refractivity contribution in [1.82, 2.24) is 0 Å². The van der Waals surface area contributed by atoms with Crippen LogP contribution in [0.3, 0.4) is 0 Å². The lowest BCUT2D eigenvalue weighted by Crippen LogP contribution is -2.54. The minimum atomic E-state index is -1.34. The van der Waals surface area contributed by atoms with Crippen molar-refractivity contribution in [3.05, 3.63) is 53.6 Å². The topological polar surface area (TPSA) is 120 Å². The average molecular weight is 362 g/mol. The van der Waals surface area contributed by atoms with Gasteiger partial charge in [0.15, 0.2) is 0 Å². The summed E-state index contributed by atoms with van der Waals surface area (Å²) < 4.78 is 10.7. The molecule has 140 valence electrons. The number of phenolic OH excluding ortho intramolecular Hbond substituents is 2. The molecule has 5 N–H and O–H groups in total. The Morgan fingerprint density at radius 1 is 0.846 bits per heavy atom. The number of aliphatic hydroxyl groups excluding tert-OH is 3. The van der Waals surface area contributed by atoms with E-state index in [1.807, 2.05) is 12.1 Å². The van der Waals surface area contributed by atoms with Crippen LogP contribution in [0.4, 0.5) is 0 Å². The largest absolute Gasteiger partial charge is 0.508 e. The molecule has 1 aliphatic heterocycles. The molecule has 0 unspecified atom stereocenters. The molecule has 1 aliphatic rings. The van der Waals surface area contributed by atoms with Crippen LogP contribution in [0.1, 0.15) is 11.1 Å². The SMILES string of the molecule is Oc1cc(O)cc(CCc2ccc(O[C@@H]3OC[C@@H](O)[C@H](O)[C@H]3O)cc2)c1. The third-order valence-corrected chi connectivity index (χ3v) is 4.29. The van der Waals surface area contributed by atoms with Gasteiger partial charge in [0.2, 0.25) is 6.29 Å². The van der Waals surface area contributed by atoms with Gasteiger partial charge in [0.1, 0.15) is 35.6 Å². The van der Waals surface area contributed by atoms with Gasteiger partial charge in [-0.3, -0.25) is 0 Å². The fraction of sp³-hybridized carbons (Fsp3) is 0.368. The number of ether oxygens (including phenoxy) is 2. The first-order valence-corrected chi connectivity index (χ1v) is 8.35. The maximum Gasteiger partial charge on any atom is 0.228 e. The van der Waals surface area contributed by atoms with Crippen molar-refractivity contribution in [1.29, 1.82) is 0 Å². The van der Waals surface area contributed by atoms with Crippen LogP contribution in [0.15, 0.2) is 42.5 Å². The van der Waals surface area contributed by atoms with Gasteiger partial charge < -0.3 is 35.0 Å². The standard InChI is InChI=1S/C19H22O7/c20-13-7-12(8-14(21)9-13)2-1-11-3-5-15(6-4-11)26-19-18(24)17(23)16(22)10-25-19/h3-9,16-24H,1-2,10H2/t16-,17+,18-,19+/m1/s1. The minimum absolute atomic E-state index is 0.0297. The molecule has 1 saturated heterocycles. The molecule has 0 aliphatic carbocycles. The van der Waals surface area contributed by atoms with Crippen LogP contribution in [0.2, 0.25) is 0 Å². The van der Waals surface area contributed by atoms with E-state index in [1.54, 1.807) is 24.3 Å². The van der Waals surface area contributed by atoms with Crippen molar-refractivity contribution in [3.8, 4) is 17.2 Å². The summed E-state index contributed by atoms with van der Waals surface area (Å²) in [5.41, 5.74) is 1.86. The fourth-order valence-corrected chi connectivity index (χ4v) is 2.84. The molecule has 0 radical (unpaired) electrons. The molecule has 1 heterocycles. The van der Waals surface area contributed by atoms with Crippen LogP contribution < -0.4 is 4.74 Å². The molecule has 0 saturated carbocycles. The number of benzene rings is 2. The highest BCUT2D eigenvalue weighted by atomic mass is 16.7. The van der Waals surface area contributed by atoms with E-state index < -0.39 is 24.6 Å². The third-order valence-electron chi connectivity index (χ3n) is 4.29. The highest BCUT2D eigenvalue weighted by molar-refractivity contribution is 5.37. The summed E-state index contributed by atoms with van der Waals surface area (Å²) in [4.78, 5) is 0. The van der Waals surface area contributed by atoms with Crippen molar-refractivity contribution in [2.45, 2.75) is 37.4 Å². The van der Waals surface area contributed by atoms with Gasteiger partial charge in [-0.25, -0.2) is 0 Å². The van der Waals surface area contributed by atoms with Crippen LogP contribution in [-0.4, -0.2) is 56.7 Å². The zero-order chi connectivity index (χ0) is 18.7. The Hall–Kier alpha value is -2.32. The number of aryl methyl sites for hydroxylation is 2. The lowest BCUT2D eigenvalue weighted by Gasteiger charge is -2.34. The number of hydrogen-bond donors (Lipinski definition) is 5. The van der Waals surface area contributed by atoms with E-state index in [0.717, 1.165) is 11.1 Å². The minimum Gasteiger partial charge on any atom is -0.508 e. The Kier molecular flexibility index (Phi) is 5.63. The van der Waals surface area contributed by atoms with Gasteiger partial charge in [0.05, 0.1) is 6.61 Å². The molecule has 0 spiro atoms. The maximum atomic E-state index is 9.88. The van der Waals surface area contributed by atoms with Crippen LogP contribution in [0, 0.1) is 0 Å². The van der Waals surface area contributed by atoms with Crippen LogP contribution in [0.25, 0.3) is 0 Å². The van der Waals surface area contributed by atoms with Gasteiger partial charge in [0, 0.05) is 6.07 Å². The average Bonchev–Trinajstić information content (AvgIpc) is 2.61. The van der Waals surface area contributed by atoms with E-state index in [0.29, 0.717) is 18.6 Å². The molecule has 3 rings (SSSR count). The van der Waals surface area contributed by atoms with Crippen molar-refractivity contribution in [3.63, 3.8) is 0 Å². The van der Waals surface area contributed by atoms with Crippen LogP contribution in [0.5, 0.6) is 17.2 Å². The van der Waals surface area contributed by atoms with Gasteiger partial charge in [0.25, 0.3) is 0 Å². The first-order valence-electron chi connectivity index (χ1n) is 8.35. The smallest absolute Gasteiger partial charge is 0.228 e. The molecule has 7 heteroatoms. The molecule has 0 amide bonds. The van der Waals surface area contributed by atoms with E-state index in [9.17, 15) is 25.5 Å². The second-order valence-corrected chi connectivity index (χ2v) is 6.37. The Bertz CT molecular complexity index is 711. The molecular formula is C19H22O7. The second kappa shape index (κ2) is 7.92. The quantitative estimate of drug-likeness (QED) is 0.531. The van der Waals surface area contributed by atoms with Crippen LogP contribution in [-0.2, 0) is 17.6 Å². The van der Waals surface area contributed by atoms with Crippen molar-refractivity contribution in [2.75, 3.05) is 6.61 Å². The number of phenols is 2. The summed E-state index contributed by atoms with van der Waals surface area (Å²) >= 11 is 0. The lowest BCUT2D eigenvalue weighted by molar-refractivity contribution is -0.242. The summed E-state index contributed by atoms with van der Waals surface area (Å²) in [5.74, 6) is 0.528. The molecule has 2 aromatic carbocycles. The first kappa shape index (κ1) is 18.5. The third kappa shape index (κ3) is 4.44. The molecule has 2 aromatic rings. The lowest BCUT2D eigenvalue weighted by atomic mass is 10.0. The summed E-state index contributed by atoms with van der Waals surface area (Å²) in [7, 11) is 0. The number of hydrogen-bond acceptors (Lipinski definition) is 7. The van der Waals surface area contributed by atoms with E-state index in [-0.39, 0.29) is 18.1 Å². The maximum absolute atomic E-state index is 9.88. The summed E-state index contributed by atoms with van der Waals surface area (Å²) in [6.45, 7) is -0.113. The molecule has 1 fully saturated rings. The molecule has 26 heavy (non-hydrogen) atoms. The fourth-order valence-electron chi connectivity index (χ4n) is 2.84. The Balaban J connectivity index is 1.56. The first-order chi connectivity index (χ1) is 12.4. The Morgan fingerprint density at radius 2 is 1.46 bits per heavy atom. The van der Waals surface area contributed by atoms with E-state index >= 15 is 0 Å². The number of aromatic hydroxyl groups is 2. The van der Waals surface area contributed by atoms with Gasteiger partial charge >= 0.3 is 0 Å². The Labute approximate surface area is 150 Å². The molecule has 0 aromatic heterocycles.